The predicted octanol–water partition coefficient (Wildman–Crippen LogP) is 4.05. The fourth-order valence-electron chi connectivity index (χ4n) is 2.95. The highest BCUT2D eigenvalue weighted by atomic mass is 16.5. The average molecular weight is 388 g/mol. The molecule has 7 nitrogen and oxygen atoms in total. The van der Waals surface area contributed by atoms with E-state index in [1.54, 1.807) is 30.5 Å². The first-order chi connectivity index (χ1) is 14.1. The van der Waals surface area contributed by atoms with E-state index >= 15 is 0 Å². The van der Waals surface area contributed by atoms with E-state index in [1.165, 1.54) is 18.4 Å². The first-order valence-corrected chi connectivity index (χ1v) is 8.84. The lowest BCUT2D eigenvalue weighted by Gasteiger charge is -2.10. The van der Waals surface area contributed by atoms with E-state index in [9.17, 15) is 14.4 Å². The maximum atomic E-state index is 12.5. The van der Waals surface area contributed by atoms with Crippen molar-refractivity contribution in [1.29, 1.82) is 0 Å². The van der Waals surface area contributed by atoms with Gasteiger partial charge >= 0.3 is 5.97 Å². The van der Waals surface area contributed by atoms with Crippen molar-refractivity contribution in [2.45, 2.75) is 0 Å². The number of para-hydroxylation sites is 2. The van der Waals surface area contributed by atoms with E-state index in [0.717, 1.165) is 10.9 Å². The maximum Gasteiger partial charge on any atom is 0.340 e. The van der Waals surface area contributed by atoms with Gasteiger partial charge in [-0.25, -0.2) is 4.79 Å². The lowest BCUT2D eigenvalue weighted by molar-refractivity contribution is 0.0476. The predicted molar refractivity (Wildman–Crippen MR) is 106 cm³/mol. The van der Waals surface area contributed by atoms with Gasteiger partial charge in [0.05, 0.1) is 17.5 Å². The summed E-state index contributed by atoms with van der Waals surface area (Å²) in [6.07, 6.45) is 2.98. The Morgan fingerprint density at radius 2 is 1.72 bits per heavy atom. The minimum absolute atomic E-state index is 0.114. The van der Waals surface area contributed by atoms with Crippen molar-refractivity contribution in [3.05, 3.63) is 90.0 Å². The van der Waals surface area contributed by atoms with Gasteiger partial charge in [0.2, 0.25) is 5.78 Å². The molecule has 4 aromatic rings. The molecule has 2 N–H and O–H groups in total. The summed E-state index contributed by atoms with van der Waals surface area (Å²) >= 11 is 0. The normalized spacial score (nSPS) is 10.6. The third-order valence-corrected chi connectivity index (χ3v) is 4.36. The molecule has 0 radical (unpaired) electrons. The van der Waals surface area contributed by atoms with Crippen LogP contribution in [0.3, 0.4) is 0 Å². The molecule has 2 aromatic heterocycles. The van der Waals surface area contributed by atoms with E-state index in [2.05, 4.69) is 10.3 Å². The lowest BCUT2D eigenvalue weighted by Crippen LogP contribution is -2.17. The Balaban J connectivity index is 1.46. The highest BCUT2D eigenvalue weighted by molar-refractivity contribution is 6.10. The van der Waals surface area contributed by atoms with Gasteiger partial charge in [0.25, 0.3) is 5.91 Å². The first-order valence-electron chi connectivity index (χ1n) is 8.84. The Bertz CT molecular complexity index is 1190. The van der Waals surface area contributed by atoms with Crippen molar-refractivity contribution in [1.82, 2.24) is 4.98 Å². The van der Waals surface area contributed by atoms with Crippen LogP contribution in [0.4, 0.5) is 5.69 Å². The number of fused-ring (bicyclic) bond motifs is 1. The van der Waals surface area contributed by atoms with Gasteiger partial charge in [-0.2, -0.15) is 0 Å². The van der Waals surface area contributed by atoms with Crippen molar-refractivity contribution < 1.29 is 23.5 Å². The summed E-state index contributed by atoms with van der Waals surface area (Å²) < 4.78 is 10.2. The third-order valence-electron chi connectivity index (χ3n) is 4.36. The molecule has 4 rings (SSSR count). The molecule has 2 aromatic carbocycles. The smallest absolute Gasteiger partial charge is 0.340 e. The number of amides is 1. The largest absolute Gasteiger partial charge is 0.459 e. The molecule has 7 heteroatoms. The number of anilines is 1. The van der Waals surface area contributed by atoms with Crippen LogP contribution in [0.15, 0.2) is 77.5 Å². The van der Waals surface area contributed by atoms with Crippen LogP contribution in [0.1, 0.15) is 31.3 Å². The van der Waals surface area contributed by atoms with E-state index in [1.807, 2.05) is 24.3 Å². The van der Waals surface area contributed by atoms with Gasteiger partial charge in [0, 0.05) is 22.7 Å². The number of nitrogens with one attached hydrogen (secondary N) is 2. The number of H-pyrrole nitrogens is 1. The minimum Gasteiger partial charge on any atom is -0.459 e. The number of Topliss-reactive ketones (excluding diaryl/α,β-unsaturated/α-hetero) is 1. The fraction of sp³-hybridized carbons (Fsp3) is 0.0455. The Labute approximate surface area is 165 Å². The van der Waals surface area contributed by atoms with Crippen LogP contribution in [0.5, 0.6) is 0 Å². The van der Waals surface area contributed by atoms with Crippen LogP contribution in [-0.2, 0) is 4.74 Å². The van der Waals surface area contributed by atoms with Gasteiger partial charge in [0.15, 0.2) is 12.4 Å². The monoisotopic (exact) mass is 388 g/mol. The number of aromatic amines is 1. The van der Waals surface area contributed by atoms with E-state index < -0.39 is 18.5 Å². The van der Waals surface area contributed by atoms with Gasteiger partial charge in [-0.15, -0.1) is 0 Å². The van der Waals surface area contributed by atoms with Crippen molar-refractivity contribution in [2.24, 2.45) is 0 Å². The number of aromatic nitrogens is 1. The Kier molecular flexibility index (Phi) is 4.94. The maximum absolute atomic E-state index is 12.5. The number of hydrogen-bond acceptors (Lipinski definition) is 5. The highest BCUT2D eigenvalue weighted by Crippen LogP contribution is 2.20. The fourth-order valence-corrected chi connectivity index (χ4v) is 2.95. The molecule has 1 amide bonds. The van der Waals surface area contributed by atoms with Crippen LogP contribution < -0.4 is 5.32 Å². The first kappa shape index (κ1) is 18.2. The molecule has 0 saturated carbocycles. The minimum atomic E-state index is -0.714. The Hall–Kier alpha value is -4.13. The summed E-state index contributed by atoms with van der Waals surface area (Å²) in [7, 11) is 0. The van der Waals surface area contributed by atoms with Gasteiger partial charge in [-0.05, 0) is 30.3 Å². The molecular formula is C22H16N2O5. The number of rotatable bonds is 6. The Morgan fingerprint density at radius 1 is 0.931 bits per heavy atom. The van der Waals surface area contributed by atoms with Gasteiger partial charge in [0.1, 0.15) is 0 Å². The topological polar surface area (TPSA) is 101 Å². The van der Waals surface area contributed by atoms with E-state index in [0.29, 0.717) is 5.56 Å². The number of hydrogen-bond donors (Lipinski definition) is 2. The molecule has 144 valence electrons. The van der Waals surface area contributed by atoms with Crippen molar-refractivity contribution in [2.75, 3.05) is 11.9 Å². The molecule has 0 saturated heterocycles. The molecule has 0 fully saturated rings. The quantitative estimate of drug-likeness (QED) is 0.383. The molecule has 0 bridgehead atoms. The molecule has 0 aliphatic heterocycles. The molecule has 0 atom stereocenters. The molecule has 29 heavy (non-hydrogen) atoms. The zero-order valence-corrected chi connectivity index (χ0v) is 15.2. The van der Waals surface area contributed by atoms with Crippen molar-refractivity contribution in [3.63, 3.8) is 0 Å². The number of carbonyl (C=O) groups excluding carboxylic acids is 3. The van der Waals surface area contributed by atoms with Crippen LogP contribution in [0.25, 0.3) is 10.9 Å². The summed E-state index contributed by atoms with van der Waals surface area (Å²) in [6, 6.07) is 16.9. The van der Waals surface area contributed by atoms with Crippen LogP contribution in [-0.4, -0.2) is 29.3 Å². The number of esters is 1. The molecule has 2 heterocycles. The van der Waals surface area contributed by atoms with Gasteiger partial charge < -0.3 is 19.5 Å². The second-order valence-corrected chi connectivity index (χ2v) is 6.22. The second kappa shape index (κ2) is 7.85. The van der Waals surface area contributed by atoms with E-state index in [-0.39, 0.29) is 22.8 Å². The summed E-state index contributed by atoms with van der Waals surface area (Å²) in [5, 5.41) is 3.37. The third kappa shape index (κ3) is 3.79. The van der Waals surface area contributed by atoms with Gasteiger partial charge in [-0.3, -0.25) is 9.59 Å². The molecule has 0 unspecified atom stereocenters. The molecule has 0 spiro atoms. The SMILES string of the molecule is O=C(Nc1ccccc1C(=O)OCC(=O)c1c[nH]c2ccccc12)c1ccco1. The van der Waals surface area contributed by atoms with Crippen LogP contribution >= 0.6 is 0 Å². The Morgan fingerprint density at radius 3 is 2.55 bits per heavy atom. The number of benzene rings is 2. The average Bonchev–Trinajstić information content (AvgIpc) is 3.42. The lowest BCUT2D eigenvalue weighted by atomic mass is 10.1. The number of carbonyl (C=O) groups is 3. The molecule has 0 aliphatic rings. The zero-order valence-electron chi connectivity index (χ0n) is 15.2. The second-order valence-electron chi connectivity index (χ2n) is 6.22. The number of ketones is 1. The van der Waals surface area contributed by atoms with Crippen LogP contribution in [0.2, 0.25) is 0 Å². The number of ether oxygens (including phenoxy) is 1. The van der Waals surface area contributed by atoms with E-state index in [4.69, 9.17) is 9.15 Å². The number of furan rings is 1. The molecular weight excluding hydrogens is 372 g/mol. The van der Waals surface area contributed by atoms with Crippen LogP contribution in [0, 0.1) is 0 Å². The van der Waals surface area contributed by atoms with Gasteiger partial charge in [-0.1, -0.05) is 30.3 Å². The summed E-state index contributed by atoms with van der Waals surface area (Å²) in [6.45, 7) is -0.416. The summed E-state index contributed by atoms with van der Waals surface area (Å²) in [5.74, 6) is -1.42. The van der Waals surface area contributed by atoms with Crippen molar-refractivity contribution >= 4 is 34.3 Å². The highest BCUT2D eigenvalue weighted by Gasteiger charge is 2.19. The molecule has 0 aliphatic carbocycles. The van der Waals surface area contributed by atoms with Crippen molar-refractivity contribution in [3.8, 4) is 0 Å². The standard InChI is InChI=1S/C22H16N2O5/c25-19(16-12-23-17-8-3-1-6-14(16)17)13-29-22(27)15-7-2-4-9-18(15)24-21(26)20-10-5-11-28-20/h1-12,23H,13H2,(H,24,26). The summed E-state index contributed by atoms with van der Waals surface area (Å²) in [5.41, 5.74) is 1.68. The zero-order chi connectivity index (χ0) is 20.2. The summed E-state index contributed by atoms with van der Waals surface area (Å²) in [4.78, 5) is 40.2.